The number of anilines is 1. The molecule has 2 heterocycles. The molecule has 1 aliphatic heterocycles. The standard InChI is InChI=1S/C22H28N4O2/c1-2-3-4-10-15-28-22(27)17(16-23)20-21(26-13-8-5-9-14-26)25-19-12-7-6-11-18(19)24-20/h6-7,11-12,17H,2-5,8-10,13-15H2,1H3/t17-/m1/s1. The van der Waals surface area contributed by atoms with Crippen molar-refractivity contribution in [2.75, 3.05) is 24.6 Å². The molecule has 1 saturated heterocycles. The number of carbonyl (C=O) groups excluding carboxylic acids is 1. The Labute approximate surface area is 166 Å². The molecule has 3 rings (SSSR count). The largest absolute Gasteiger partial charge is 0.464 e. The van der Waals surface area contributed by atoms with Gasteiger partial charge in [-0.1, -0.05) is 38.3 Å². The Kier molecular flexibility index (Phi) is 7.18. The van der Waals surface area contributed by atoms with Crippen LogP contribution in [-0.2, 0) is 9.53 Å². The number of carbonyl (C=O) groups is 1. The lowest BCUT2D eigenvalue weighted by Crippen LogP contribution is -2.32. The zero-order valence-corrected chi connectivity index (χ0v) is 16.6. The first-order valence-corrected chi connectivity index (χ1v) is 10.3. The number of unbranched alkanes of at least 4 members (excludes halogenated alkanes) is 3. The summed E-state index contributed by atoms with van der Waals surface area (Å²) in [5, 5.41) is 9.75. The number of piperidine rings is 1. The molecule has 0 spiro atoms. The van der Waals surface area contributed by atoms with Gasteiger partial charge in [0.25, 0.3) is 0 Å². The summed E-state index contributed by atoms with van der Waals surface area (Å²) in [5.74, 6) is -0.935. The summed E-state index contributed by atoms with van der Waals surface area (Å²) >= 11 is 0. The van der Waals surface area contributed by atoms with E-state index >= 15 is 0 Å². The van der Waals surface area contributed by atoms with Crippen LogP contribution in [0, 0.1) is 11.3 Å². The van der Waals surface area contributed by atoms with Crippen molar-refractivity contribution in [3.05, 3.63) is 30.0 Å². The first-order chi connectivity index (χ1) is 13.7. The Morgan fingerprint density at radius 3 is 2.54 bits per heavy atom. The molecule has 6 heteroatoms. The Bertz CT molecular complexity index is 840. The maximum Gasteiger partial charge on any atom is 0.329 e. The van der Waals surface area contributed by atoms with Crippen molar-refractivity contribution < 1.29 is 9.53 Å². The van der Waals surface area contributed by atoms with Gasteiger partial charge >= 0.3 is 5.97 Å². The predicted octanol–water partition coefficient (Wildman–Crippen LogP) is 4.35. The first-order valence-electron chi connectivity index (χ1n) is 10.3. The second-order valence-electron chi connectivity index (χ2n) is 7.26. The Hall–Kier alpha value is -2.68. The Balaban J connectivity index is 1.87. The number of esters is 1. The van der Waals surface area contributed by atoms with Crippen LogP contribution in [0.2, 0.25) is 0 Å². The van der Waals surface area contributed by atoms with Gasteiger partial charge in [-0.25, -0.2) is 9.97 Å². The monoisotopic (exact) mass is 380 g/mol. The van der Waals surface area contributed by atoms with Crippen molar-refractivity contribution in [1.29, 1.82) is 5.26 Å². The molecule has 148 valence electrons. The fourth-order valence-corrected chi connectivity index (χ4v) is 3.55. The average molecular weight is 380 g/mol. The maximum absolute atomic E-state index is 12.6. The third-order valence-corrected chi connectivity index (χ3v) is 5.11. The molecule has 0 saturated carbocycles. The van der Waals surface area contributed by atoms with Crippen molar-refractivity contribution in [2.24, 2.45) is 0 Å². The van der Waals surface area contributed by atoms with Gasteiger partial charge in [-0.05, 0) is 37.8 Å². The van der Waals surface area contributed by atoms with Crippen LogP contribution in [0.4, 0.5) is 5.82 Å². The van der Waals surface area contributed by atoms with Gasteiger partial charge in [0, 0.05) is 13.1 Å². The van der Waals surface area contributed by atoms with Gasteiger partial charge in [0.1, 0.15) is 5.69 Å². The molecule has 1 fully saturated rings. The zero-order valence-electron chi connectivity index (χ0n) is 16.6. The van der Waals surface area contributed by atoms with Crippen LogP contribution < -0.4 is 4.90 Å². The highest BCUT2D eigenvalue weighted by Crippen LogP contribution is 2.29. The lowest BCUT2D eigenvalue weighted by Gasteiger charge is -2.29. The summed E-state index contributed by atoms with van der Waals surface area (Å²) in [6.45, 7) is 4.21. The van der Waals surface area contributed by atoms with Gasteiger partial charge in [0.05, 0.1) is 23.7 Å². The van der Waals surface area contributed by atoms with E-state index in [1.165, 1.54) is 6.42 Å². The molecule has 0 bridgehead atoms. The van der Waals surface area contributed by atoms with Crippen LogP contribution in [-0.4, -0.2) is 35.6 Å². The highest BCUT2D eigenvalue weighted by Gasteiger charge is 2.30. The van der Waals surface area contributed by atoms with Gasteiger partial charge in [-0.15, -0.1) is 0 Å². The number of ether oxygens (including phenoxy) is 1. The van der Waals surface area contributed by atoms with E-state index in [1.54, 1.807) is 0 Å². The Morgan fingerprint density at radius 1 is 1.14 bits per heavy atom. The molecule has 0 unspecified atom stereocenters. The van der Waals surface area contributed by atoms with Gasteiger partial charge < -0.3 is 9.64 Å². The van der Waals surface area contributed by atoms with Crippen LogP contribution in [0.25, 0.3) is 11.0 Å². The van der Waals surface area contributed by atoms with Crippen molar-refractivity contribution in [1.82, 2.24) is 9.97 Å². The van der Waals surface area contributed by atoms with E-state index in [2.05, 4.69) is 22.9 Å². The molecule has 6 nitrogen and oxygen atoms in total. The smallest absolute Gasteiger partial charge is 0.329 e. The van der Waals surface area contributed by atoms with E-state index in [0.29, 0.717) is 23.6 Å². The summed E-state index contributed by atoms with van der Waals surface area (Å²) < 4.78 is 5.40. The molecule has 1 aromatic heterocycles. The average Bonchev–Trinajstić information content (AvgIpc) is 2.74. The number of hydrogen-bond acceptors (Lipinski definition) is 6. The lowest BCUT2D eigenvalue weighted by molar-refractivity contribution is -0.144. The van der Waals surface area contributed by atoms with Crippen LogP contribution >= 0.6 is 0 Å². The van der Waals surface area contributed by atoms with Crippen LogP contribution in [0.1, 0.15) is 63.5 Å². The molecule has 1 atom stereocenters. The molecule has 2 aromatic rings. The fourth-order valence-electron chi connectivity index (χ4n) is 3.55. The molecule has 1 aromatic carbocycles. The van der Waals surface area contributed by atoms with Crippen LogP contribution in [0.15, 0.2) is 24.3 Å². The molecule has 0 N–H and O–H groups in total. The van der Waals surface area contributed by atoms with E-state index in [1.807, 2.05) is 24.3 Å². The molecular formula is C22H28N4O2. The minimum atomic E-state index is -1.06. The SMILES string of the molecule is CCCCCCOC(=O)[C@H](C#N)c1nc2ccccc2nc1N1CCCCC1. The predicted molar refractivity (Wildman–Crippen MR) is 109 cm³/mol. The number of nitrogens with zero attached hydrogens (tertiary/aromatic N) is 4. The number of nitriles is 1. The number of aromatic nitrogens is 2. The summed E-state index contributed by atoms with van der Waals surface area (Å²) in [7, 11) is 0. The topological polar surface area (TPSA) is 79.1 Å². The zero-order chi connectivity index (χ0) is 19.8. The highest BCUT2D eigenvalue weighted by atomic mass is 16.5. The van der Waals surface area contributed by atoms with Crippen molar-refractivity contribution in [3.63, 3.8) is 0 Å². The molecule has 0 aliphatic carbocycles. The summed E-state index contributed by atoms with van der Waals surface area (Å²) in [6, 6.07) is 9.68. The van der Waals surface area contributed by atoms with Crippen LogP contribution in [0.5, 0.6) is 0 Å². The minimum absolute atomic E-state index is 0.344. The molecule has 0 radical (unpaired) electrons. The second kappa shape index (κ2) is 10.0. The second-order valence-corrected chi connectivity index (χ2v) is 7.26. The number of hydrogen-bond donors (Lipinski definition) is 0. The minimum Gasteiger partial charge on any atom is -0.464 e. The number of benzene rings is 1. The third kappa shape index (κ3) is 4.78. The van der Waals surface area contributed by atoms with E-state index < -0.39 is 11.9 Å². The van der Waals surface area contributed by atoms with E-state index in [0.717, 1.165) is 57.1 Å². The summed E-state index contributed by atoms with van der Waals surface area (Å²) in [4.78, 5) is 24.2. The van der Waals surface area contributed by atoms with Gasteiger partial charge in [0.15, 0.2) is 11.7 Å². The van der Waals surface area contributed by atoms with Crippen molar-refractivity contribution >= 4 is 22.8 Å². The maximum atomic E-state index is 12.6. The number of para-hydroxylation sites is 2. The van der Waals surface area contributed by atoms with Gasteiger partial charge in [-0.2, -0.15) is 5.26 Å². The van der Waals surface area contributed by atoms with Crippen molar-refractivity contribution in [2.45, 2.75) is 57.8 Å². The number of fused-ring (bicyclic) bond motifs is 1. The fraction of sp³-hybridized carbons (Fsp3) is 0.545. The van der Waals surface area contributed by atoms with E-state index in [4.69, 9.17) is 9.72 Å². The summed E-state index contributed by atoms with van der Waals surface area (Å²) in [6.07, 6.45) is 7.43. The third-order valence-electron chi connectivity index (χ3n) is 5.11. The molecule has 0 amide bonds. The molecule has 28 heavy (non-hydrogen) atoms. The van der Waals surface area contributed by atoms with Gasteiger partial charge in [0.2, 0.25) is 0 Å². The highest BCUT2D eigenvalue weighted by molar-refractivity contribution is 5.85. The van der Waals surface area contributed by atoms with Crippen molar-refractivity contribution in [3.8, 4) is 6.07 Å². The Morgan fingerprint density at radius 2 is 1.86 bits per heavy atom. The van der Waals surface area contributed by atoms with E-state index in [-0.39, 0.29) is 0 Å². The van der Waals surface area contributed by atoms with Crippen LogP contribution in [0.3, 0.4) is 0 Å². The summed E-state index contributed by atoms with van der Waals surface area (Å²) in [5.41, 5.74) is 1.88. The molecular weight excluding hydrogens is 352 g/mol. The van der Waals surface area contributed by atoms with Gasteiger partial charge in [-0.3, -0.25) is 4.79 Å². The number of rotatable bonds is 8. The first kappa shape index (κ1) is 20.1. The lowest BCUT2D eigenvalue weighted by atomic mass is 10.0. The normalized spacial score (nSPS) is 15.2. The van der Waals surface area contributed by atoms with E-state index in [9.17, 15) is 10.1 Å². The molecule has 1 aliphatic rings. The quantitative estimate of drug-likeness (QED) is 0.500.